The molecule has 0 fully saturated rings. The first kappa shape index (κ1) is 14.2. The predicted molar refractivity (Wildman–Crippen MR) is 83.1 cm³/mol. The van der Waals surface area contributed by atoms with E-state index in [1.807, 2.05) is 5.38 Å². The molecule has 0 radical (unpaired) electrons. The second kappa shape index (κ2) is 5.58. The largest absolute Gasteiger partial charge is 0.299 e. The number of hydrogen-bond acceptors (Lipinski definition) is 4. The van der Waals surface area contributed by atoms with Gasteiger partial charge in [0.25, 0.3) is 11.7 Å². The van der Waals surface area contributed by atoms with E-state index in [9.17, 15) is 9.59 Å². The van der Waals surface area contributed by atoms with E-state index in [-0.39, 0.29) is 0 Å². The highest BCUT2D eigenvalue weighted by Crippen LogP contribution is 2.35. The summed E-state index contributed by atoms with van der Waals surface area (Å²) in [7, 11) is 0. The summed E-state index contributed by atoms with van der Waals surface area (Å²) >= 11 is 7.61. The van der Waals surface area contributed by atoms with Gasteiger partial charge in [0, 0.05) is 5.38 Å². The minimum Gasteiger partial charge on any atom is -0.299 e. The van der Waals surface area contributed by atoms with Crippen LogP contribution < -0.4 is 4.90 Å². The maximum atomic E-state index is 12.1. The Bertz CT molecular complexity index is 726. The number of amides is 1. The molecule has 1 aromatic carbocycles. The average Bonchev–Trinajstić information content (AvgIpc) is 2.99. The first-order chi connectivity index (χ1) is 10.1. The molecule has 3 rings (SSSR count). The number of carbonyl (C=O) groups excluding carboxylic acids is 2. The van der Waals surface area contributed by atoms with E-state index < -0.39 is 11.7 Å². The molecule has 1 aromatic heterocycles. The molecule has 2 heterocycles. The van der Waals surface area contributed by atoms with Crippen LogP contribution in [0.4, 0.5) is 5.69 Å². The number of carbonyl (C=O) groups is 2. The van der Waals surface area contributed by atoms with Crippen LogP contribution in [-0.4, -0.2) is 16.7 Å². The van der Waals surface area contributed by atoms with Gasteiger partial charge in [-0.05, 0) is 25.0 Å². The highest BCUT2D eigenvalue weighted by Gasteiger charge is 2.37. The molecule has 1 aliphatic heterocycles. The highest BCUT2D eigenvalue weighted by molar-refractivity contribution is 7.09. The van der Waals surface area contributed by atoms with Gasteiger partial charge in [-0.3, -0.25) is 14.5 Å². The van der Waals surface area contributed by atoms with Gasteiger partial charge >= 0.3 is 0 Å². The number of anilines is 1. The van der Waals surface area contributed by atoms with Crippen LogP contribution in [0.2, 0.25) is 5.02 Å². The van der Waals surface area contributed by atoms with Crippen molar-refractivity contribution in [1.29, 1.82) is 0 Å². The monoisotopic (exact) mass is 320 g/mol. The molecule has 0 atom stereocenters. The number of thiazole rings is 1. The third-order valence-electron chi connectivity index (χ3n) is 3.33. The average molecular weight is 321 g/mol. The van der Waals surface area contributed by atoms with Crippen LogP contribution in [0.5, 0.6) is 0 Å². The lowest BCUT2D eigenvalue weighted by atomic mass is 10.1. The van der Waals surface area contributed by atoms with Crippen LogP contribution >= 0.6 is 22.9 Å². The van der Waals surface area contributed by atoms with Gasteiger partial charge in [-0.2, -0.15) is 0 Å². The van der Waals surface area contributed by atoms with Crippen molar-refractivity contribution in [3.63, 3.8) is 0 Å². The first-order valence-electron chi connectivity index (χ1n) is 6.69. The number of rotatable bonds is 4. The topological polar surface area (TPSA) is 50.3 Å². The molecule has 1 aliphatic rings. The number of hydrogen-bond donors (Lipinski definition) is 0. The normalized spacial score (nSPS) is 13.9. The summed E-state index contributed by atoms with van der Waals surface area (Å²) in [4.78, 5) is 30.1. The van der Waals surface area contributed by atoms with Gasteiger partial charge in [0.15, 0.2) is 0 Å². The molecule has 0 saturated carbocycles. The van der Waals surface area contributed by atoms with Crippen molar-refractivity contribution in [1.82, 2.24) is 4.98 Å². The Morgan fingerprint density at radius 2 is 2.14 bits per heavy atom. The molecule has 21 heavy (non-hydrogen) atoms. The summed E-state index contributed by atoms with van der Waals surface area (Å²) in [6, 6.07) is 5.10. The minimum absolute atomic E-state index is 0.299. The molecule has 0 unspecified atom stereocenters. The molecule has 2 aromatic rings. The number of nitrogens with zero attached hydrogens (tertiary/aromatic N) is 2. The lowest BCUT2D eigenvalue weighted by molar-refractivity contribution is -0.114. The number of Topliss-reactive ketones (excluding diaryl/α,β-unsaturated/α-hetero) is 1. The molecule has 0 saturated heterocycles. The maximum Gasteiger partial charge on any atom is 0.299 e. The van der Waals surface area contributed by atoms with Gasteiger partial charge < -0.3 is 0 Å². The zero-order valence-electron chi connectivity index (χ0n) is 11.4. The Morgan fingerprint density at radius 3 is 2.90 bits per heavy atom. The summed E-state index contributed by atoms with van der Waals surface area (Å²) < 4.78 is 0. The van der Waals surface area contributed by atoms with E-state index in [1.165, 1.54) is 4.90 Å². The first-order valence-corrected chi connectivity index (χ1v) is 7.95. The molecule has 108 valence electrons. The van der Waals surface area contributed by atoms with Crippen LogP contribution in [0.15, 0.2) is 23.6 Å². The van der Waals surface area contributed by atoms with E-state index in [1.54, 1.807) is 29.5 Å². The van der Waals surface area contributed by atoms with Crippen molar-refractivity contribution >= 4 is 40.3 Å². The second-order valence-electron chi connectivity index (χ2n) is 4.84. The van der Waals surface area contributed by atoms with Gasteiger partial charge in [0.2, 0.25) is 0 Å². The maximum absolute atomic E-state index is 12.1. The molecular formula is C15H13ClN2O2S. The van der Waals surface area contributed by atoms with Crippen LogP contribution in [-0.2, 0) is 17.8 Å². The van der Waals surface area contributed by atoms with Gasteiger partial charge in [0.05, 0.1) is 33.5 Å². The van der Waals surface area contributed by atoms with Crippen LogP contribution in [0.1, 0.15) is 34.4 Å². The van der Waals surface area contributed by atoms with Crippen molar-refractivity contribution in [3.05, 3.63) is 44.9 Å². The number of benzene rings is 1. The highest BCUT2D eigenvalue weighted by atomic mass is 35.5. The van der Waals surface area contributed by atoms with Crippen LogP contribution in [0.25, 0.3) is 0 Å². The molecule has 4 nitrogen and oxygen atoms in total. The van der Waals surface area contributed by atoms with Gasteiger partial charge in [-0.1, -0.05) is 24.6 Å². The number of fused-ring (bicyclic) bond motifs is 1. The molecular weight excluding hydrogens is 308 g/mol. The fraction of sp³-hybridized carbons (Fsp3) is 0.267. The van der Waals surface area contributed by atoms with Crippen molar-refractivity contribution < 1.29 is 9.59 Å². The number of halogens is 1. The standard InChI is InChI=1S/C15H13ClN2O2S/c1-2-4-12-17-9(8-21-12)7-18-11-6-3-5-10(16)13(11)14(19)15(18)20/h3,5-6,8H,2,4,7H2,1H3. The van der Waals surface area contributed by atoms with Gasteiger partial charge in [-0.15, -0.1) is 11.3 Å². The SMILES string of the molecule is CCCc1nc(CN2C(=O)C(=O)c3c(Cl)cccc32)cs1. The molecule has 0 spiro atoms. The Morgan fingerprint density at radius 1 is 1.33 bits per heavy atom. The number of aryl methyl sites for hydroxylation is 1. The van der Waals surface area contributed by atoms with Gasteiger partial charge in [0.1, 0.15) is 0 Å². The zero-order valence-corrected chi connectivity index (χ0v) is 13.0. The summed E-state index contributed by atoms with van der Waals surface area (Å²) in [5.74, 6) is -1.08. The minimum atomic E-state index is -0.542. The number of ketones is 1. The zero-order chi connectivity index (χ0) is 15.0. The predicted octanol–water partition coefficient (Wildman–Crippen LogP) is 3.48. The Kier molecular flexibility index (Phi) is 3.78. The summed E-state index contributed by atoms with van der Waals surface area (Å²) in [6.45, 7) is 2.40. The lowest BCUT2D eigenvalue weighted by Gasteiger charge is -2.14. The van der Waals surface area contributed by atoms with E-state index in [0.29, 0.717) is 22.8 Å². The fourth-order valence-electron chi connectivity index (χ4n) is 2.37. The lowest BCUT2D eigenvalue weighted by Crippen LogP contribution is -2.29. The quantitative estimate of drug-likeness (QED) is 0.810. The van der Waals surface area contributed by atoms with Crippen molar-refractivity contribution in [2.45, 2.75) is 26.3 Å². The van der Waals surface area contributed by atoms with Crippen molar-refractivity contribution in [3.8, 4) is 0 Å². The second-order valence-corrected chi connectivity index (χ2v) is 6.19. The van der Waals surface area contributed by atoms with E-state index in [2.05, 4.69) is 11.9 Å². The fourth-order valence-corrected chi connectivity index (χ4v) is 3.52. The van der Waals surface area contributed by atoms with E-state index in [4.69, 9.17) is 11.6 Å². The van der Waals surface area contributed by atoms with Gasteiger partial charge in [-0.25, -0.2) is 4.98 Å². The molecule has 0 aliphatic carbocycles. The summed E-state index contributed by atoms with van der Waals surface area (Å²) in [6.07, 6.45) is 1.96. The number of aromatic nitrogens is 1. The summed E-state index contributed by atoms with van der Waals surface area (Å²) in [5.41, 5.74) is 1.67. The molecule has 6 heteroatoms. The van der Waals surface area contributed by atoms with E-state index in [0.717, 1.165) is 23.5 Å². The molecule has 0 bridgehead atoms. The molecule has 0 N–H and O–H groups in total. The molecule has 1 amide bonds. The van der Waals surface area contributed by atoms with Crippen LogP contribution in [0, 0.1) is 0 Å². The van der Waals surface area contributed by atoms with Crippen LogP contribution in [0.3, 0.4) is 0 Å². The third-order valence-corrected chi connectivity index (χ3v) is 4.60. The smallest absolute Gasteiger partial charge is 0.299 e. The Hall–Kier alpha value is -1.72. The third kappa shape index (κ3) is 2.47. The van der Waals surface area contributed by atoms with Crippen molar-refractivity contribution in [2.75, 3.05) is 4.90 Å². The Labute approximate surface area is 131 Å². The van der Waals surface area contributed by atoms with Crippen molar-refractivity contribution in [2.24, 2.45) is 0 Å². The summed E-state index contributed by atoms with van der Waals surface area (Å²) in [5, 5.41) is 3.31. The Balaban J connectivity index is 1.91. The van der Waals surface area contributed by atoms with E-state index >= 15 is 0 Å².